The molecule has 2 heterocycles. The van der Waals surface area contributed by atoms with Gasteiger partial charge in [-0.2, -0.15) is 0 Å². The average Bonchev–Trinajstić information content (AvgIpc) is 3.16. The van der Waals surface area contributed by atoms with Crippen LogP contribution in [0.5, 0.6) is 11.5 Å². The lowest BCUT2D eigenvalue weighted by Crippen LogP contribution is -2.42. The molecular formula is C25H34N4O5. The summed E-state index contributed by atoms with van der Waals surface area (Å²) in [5.41, 5.74) is 7.96. The van der Waals surface area contributed by atoms with E-state index < -0.39 is 0 Å². The predicted octanol–water partition coefficient (Wildman–Crippen LogP) is 2.60. The average molecular weight is 471 g/mol. The highest BCUT2D eigenvalue weighted by atomic mass is 16.5. The second-order valence-electron chi connectivity index (χ2n) is 8.52. The van der Waals surface area contributed by atoms with Gasteiger partial charge in [0.25, 0.3) is 0 Å². The highest BCUT2D eigenvalue weighted by Crippen LogP contribution is 2.30. The van der Waals surface area contributed by atoms with Gasteiger partial charge in [0.15, 0.2) is 11.5 Å². The van der Waals surface area contributed by atoms with Gasteiger partial charge < -0.3 is 29.9 Å². The summed E-state index contributed by atoms with van der Waals surface area (Å²) in [6, 6.07) is 5.49. The van der Waals surface area contributed by atoms with Crippen LogP contribution in [-0.2, 0) is 16.2 Å². The molecule has 0 saturated carbocycles. The third-order valence-corrected chi connectivity index (χ3v) is 6.03. The lowest BCUT2D eigenvalue weighted by Gasteiger charge is -2.31. The van der Waals surface area contributed by atoms with Gasteiger partial charge >= 0.3 is 0 Å². The molecule has 3 N–H and O–H groups in total. The van der Waals surface area contributed by atoms with Crippen molar-refractivity contribution in [2.24, 2.45) is 11.7 Å². The van der Waals surface area contributed by atoms with E-state index in [-0.39, 0.29) is 17.7 Å². The summed E-state index contributed by atoms with van der Waals surface area (Å²) in [5, 5.41) is 6.83. The van der Waals surface area contributed by atoms with Crippen LogP contribution in [0, 0.1) is 19.8 Å². The van der Waals surface area contributed by atoms with E-state index in [1.807, 2.05) is 32.0 Å². The van der Waals surface area contributed by atoms with Gasteiger partial charge in [-0.1, -0.05) is 11.2 Å². The smallest absolute Gasteiger partial charge is 0.243 e. The topological polar surface area (TPSA) is 120 Å². The Balaban J connectivity index is 1.44. The van der Waals surface area contributed by atoms with Gasteiger partial charge in [-0.15, -0.1) is 0 Å². The fourth-order valence-corrected chi connectivity index (χ4v) is 4.00. The molecule has 0 bridgehead atoms. The van der Waals surface area contributed by atoms with Crippen molar-refractivity contribution in [1.82, 2.24) is 15.4 Å². The summed E-state index contributed by atoms with van der Waals surface area (Å²) in [6.45, 7) is 7.13. The summed E-state index contributed by atoms with van der Waals surface area (Å²) < 4.78 is 16.5. The van der Waals surface area contributed by atoms with Gasteiger partial charge in [0, 0.05) is 19.2 Å². The molecule has 1 unspecified atom stereocenters. The molecule has 1 aliphatic rings. The molecule has 0 spiro atoms. The maximum absolute atomic E-state index is 12.2. The van der Waals surface area contributed by atoms with Gasteiger partial charge in [0.2, 0.25) is 11.8 Å². The fraction of sp³-hybridized carbons (Fsp3) is 0.480. The van der Waals surface area contributed by atoms with Crippen molar-refractivity contribution in [1.29, 1.82) is 0 Å². The number of rotatable bonds is 11. The maximum Gasteiger partial charge on any atom is 0.243 e. The van der Waals surface area contributed by atoms with Crippen LogP contribution in [-0.4, -0.2) is 55.2 Å². The normalized spacial score (nSPS) is 16.5. The van der Waals surface area contributed by atoms with Gasteiger partial charge in [-0.05, 0) is 70.0 Å². The molecule has 1 fully saturated rings. The van der Waals surface area contributed by atoms with Gasteiger partial charge in [0.1, 0.15) is 12.4 Å². The quantitative estimate of drug-likeness (QED) is 0.383. The highest BCUT2D eigenvalue weighted by Gasteiger charge is 2.23. The number of nitrogens with zero attached hydrogens (tertiary/aromatic N) is 2. The molecule has 1 saturated heterocycles. The van der Waals surface area contributed by atoms with Crippen molar-refractivity contribution in [3.8, 4) is 11.5 Å². The van der Waals surface area contributed by atoms with E-state index in [9.17, 15) is 9.59 Å². The molecule has 1 aromatic carbocycles. The lowest BCUT2D eigenvalue weighted by atomic mass is 9.97. The number of amides is 2. The van der Waals surface area contributed by atoms with E-state index >= 15 is 0 Å². The summed E-state index contributed by atoms with van der Waals surface area (Å²) in [5.74, 6) is 1.46. The maximum atomic E-state index is 12.2. The minimum absolute atomic E-state index is 0.0593. The molecule has 1 aliphatic heterocycles. The second-order valence-corrected chi connectivity index (χ2v) is 8.52. The van der Waals surface area contributed by atoms with Gasteiger partial charge in [0.05, 0.1) is 24.3 Å². The van der Waals surface area contributed by atoms with E-state index in [1.165, 1.54) is 6.08 Å². The Hall–Kier alpha value is -3.33. The molecule has 2 aromatic rings. The first-order valence-corrected chi connectivity index (χ1v) is 11.6. The third kappa shape index (κ3) is 7.08. The van der Waals surface area contributed by atoms with E-state index in [1.54, 1.807) is 13.2 Å². The van der Waals surface area contributed by atoms with Crippen LogP contribution >= 0.6 is 0 Å². The number of primary amides is 1. The molecule has 1 aromatic heterocycles. The fourth-order valence-electron chi connectivity index (χ4n) is 4.00. The number of aryl methyl sites for hydroxylation is 2. The number of methoxy groups -OCH3 is 1. The zero-order chi connectivity index (χ0) is 24.5. The largest absolute Gasteiger partial charge is 0.493 e. The number of nitrogens with one attached hydrogen (secondary N) is 1. The first-order valence-electron chi connectivity index (χ1n) is 11.6. The molecular weight excluding hydrogens is 436 g/mol. The third-order valence-electron chi connectivity index (χ3n) is 6.03. The molecule has 0 radical (unpaired) electrons. The number of ether oxygens (including phenoxy) is 2. The zero-order valence-electron chi connectivity index (χ0n) is 20.1. The first-order chi connectivity index (χ1) is 16.4. The molecule has 184 valence electrons. The number of hydrogen-bond donors (Lipinski definition) is 2. The van der Waals surface area contributed by atoms with Crippen LogP contribution in [0.15, 0.2) is 28.8 Å². The van der Waals surface area contributed by atoms with Crippen molar-refractivity contribution < 1.29 is 23.6 Å². The lowest BCUT2D eigenvalue weighted by molar-refractivity contribution is -0.123. The van der Waals surface area contributed by atoms with E-state index in [2.05, 4.69) is 15.4 Å². The highest BCUT2D eigenvalue weighted by molar-refractivity contribution is 5.91. The van der Waals surface area contributed by atoms with E-state index in [0.29, 0.717) is 31.2 Å². The molecule has 34 heavy (non-hydrogen) atoms. The Kier molecular flexibility index (Phi) is 9.09. The first kappa shape index (κ1) is 25.3. The van der Waals surface area contributed by atoms with Crippen LogP contribution in [0.3, 0.4) is 0 Å². The van der Waals surface area contributed by atoms with Crippen LogP contribution in [0.1, 0.15) is 41.8 Å². The minimum Gasteiger partial charge on any atom is -0.493 e. The molecule has 0 aliphatic carbocycles. The Labute approximate surface area is 200 Å². The molecule has 3 rings (SSSR count). The summed E-state index contributed by atoms with van der Waals surface area (Å²) in [7, 11) is 1.58. The van der Waals surface area contributed by atoms with E-state index in [4.69, 9.17) is 19.7 Å². The summed E-state index contributed by atoms with van der Waals surface area (Å²) in [4.78, 5) is 25.8. The Morgan fingerprint density at radius 3 is 2.85 bits per heavy atom. The monoisotopic (exact) mass is 470 g/mol. The van der Waals surface area contributed by atoms with Crippen molar-refractivity contribution >= 4 is 17.9 Å². The van der Waals surface area contributed by atoms with Crippen LogP contribution in [0.25, 0.3) is 6.08 Å². The number of carbonyl (C=O) groups excluding carboxylic acids is 2. The van der Waals surface area contributed by atoms with Crippen LogP contribution in [0.2, 0.25) is 0 Å². The van der Waals surface area contributed by atoms with Crippen LogP contribution in [0.4, 0.5) is 0 Å². The Bertz CT molecular complexity index is 997. The standard InChI is InChI=1S/C25H34N4O5/c1-17-21(18(2)34-28-17)16-33-22-9-7-19(14-23(22)32-3)8-10-24(30)27-11-5-13-29-12-4-6-20(15-29)25(26)31/h7-10,14,20H,4-6,11-13,15-16H2,1-3H3,(H2,26,31)(H,27,30)/b10-8+. The molecule has 2 amide bonds. The number of hydrogen-bond acceptors (Lipinski definition) is 7. The second kappa shape index (κ2) is 12.2. The number of benzene rings is 1. The molecule has 1 atom stereocenters. The summed E-state index contributed by atoms with van der Waals surface area (Å²) >= 11 is 0. The van der Waals surface area contributed by atoms with Gasteiger partial charge in [-0.25, -0.2) is 0 Å². The number of carbonyl (C=O) groups is 2. The molecule has 9 nitrogen and oxygen atoms in total. The number of nitrogens with two attached hydrogens (primary N) is 1. The predicted molar refractivity (Wildman–Crippen MR) is 128 cm³/mol. The van der Waals surface area contributed by atoms with Gasteiger partial charge in [-0.3, -0.25) is 9.59 Å². The van der Waals surface area contributed by atoms with E-state index in [0.717, 1.165) is 54.9 Å². The SMILES string of the molecule is COc1cc(/C=C/C(=O)NCCCN2CCCC(C(N)=O)C2)ccc1OCc1c(C)noc1C. The van der Waals surface area contributed by atoms with Crippen molar-refractivity contribution in [2.75, 3.05) is 33.3 Å². The van der Waals surface area contributed by atoms with Crippen molar-refractivity contribution in [3.63, 3.8) is 0 Å². The Morgan fingerprint density at radius 1 is 1.32 bits per heavy atom. The number of likely N-dealkylation sites (tertiary alicyclic amines) is 1. The van der Waals surface area contributed by atoms with Crippen molar-refractivity contribution in [2.45, 2.75) is 39.7 Å². The summed E-state index contributed by atoms with van der Waals surface area (Å²) in [6.07, 6.45) is 5.90. The minimum atomic E-state index is -0.222. The number of aromatic nitrogens is 1. The number of piperidine rings is 1. The molecule has 9 heteroatoms. The van der Waals surface area contributed by atoms with Crippen LogP contribution < -0.4 is 20.5 Å². The zero-order valence-corrected chi connectivity index (χ0v) is 20.1. The van der Waals surface area contributed by atoms with Crippen molar-refractivity contribution in [3.05, 3.63) is 46.9 Å². The Morgan fingerprint density at radius 2 is 2.15 bits per heavy atom.